The second-order valence-electron chi connectivity index (χ2n) is 3.77. The molecule has 1 aliphatic heterocycles. The average molecular weight is 242 g/mol. The van der Waals surface area contributed by atoms with Crippen LogP contribution in [0, 0.1) is 5.82 Å². The van der Waals surface area contributed by atoms with Gasteiger partial charge in [-0.15, -0.1) is 0 Å². The monoisotopic (exact) mass is 241 g/mol. The second kappa shape index (κ2) is 4.95. The Morgan fingerprint density at radius 1 is 1.50 bits per heavy atom. The molecule has 1 aliphatic rings. The molecule has 1 atom stereocenters. The molecule has 86 valence electrons. The molecule has 4 heteroatoms. The summed E-state index contributed by atoms with van der Waals surface area (Å²) in [6.45, 7) is 0.848. The SMILES string of the molecule is OCC1NCCC=C1c1ccc(Cl)c(F)c1. The maximum absolute atomic E-state index is 13.3. The smallest absolute Gasteiger partial charge is 0.142 e. The van der Waals surface area contributed by atoms with Crippen molar-refractivity contribution in [2.75, 3.05) is 13.2 Å². The molecular weight excluding hydrogens is 229 g/mol. The number of hydrogen-bond acceptors (Lipinski definition) is 2. The van der Waals surface area contributed by atoms with Crippen molar-refractivity contribution in [2.24, 2.45) is 0 Å². The third kappa shape index (κ3) is 2.26. The van der Waals surface area contributed by atoms with Crippen molar-refractivity contribution in [2.45, 2.75) is 12.5 Å². The van der Waals surface area contributed by atoms with E-state index in [4.69, 9.17) is 11.6 Å². The van der Waals surface area contributed by atoms with Gasteiger partial charge in [0.15, 0.2) is 0 Å². The number of hydrogen-bond donors (Lipinski definition) is 2. The molecule has 0 spiro atoms. The third-order valence-electron chi connectivity index (χ3n) is 2.71. The molecule has 0 saturated carbocycles. The number of aliphatic hydroxyl groups is 1. The largest absolute Gasteiger partial charge is 0.394 e. The predicted molar refractivity (Wildman–Crippen MR) is 62.9 cm³/mol. The number of benzene rings is 1. The van der Waals surface area contributed by atoms with E-state index in [9.17, 15) is 9.50 Å². The molecule has 1 heterocycles. The Bertz CT molecular complexity index is 419. The topological polar surface area (TPSA) is 32.3 Å². The number of aliphatic hydroxyl groups excluding tert-OH is 1. The summed E-state index contributed by atoms with van der Waals surface area (Å²) < 4.78 is 13.3. The lowest BCUT2D eigenvalue weighted by molar-refractivity contribution is 0.266. The highest BCUT2D eigenvalue weighted by molar-refractivity contribution is 6.30. The molecule has 1 aromatic carbocycles. The Kier molecular flexibility index (Phi) is 3.59. The summed E-state index contributed by atoms with van der Waals surface area (Å²) in [5.41, 5.74) is 1.71. The molecule has 16 heavy (non-hydrogen) atoms. The van der Waals surface area contributed by atoms with Gasteiger partial charge in [-0.05, 0) is 36.2 Å². The van der Waals surface area contributed by atoms with Crippen LogP contribution in [-0.2, 0) is 0 Å². The van der Waals surface area contributed by atoms with Gasteiger partial charge < -0.3 is 10.4 Å². The molecule has 0 aromatic heterocycles. The zero-order chi connectivity index (χ0) is 11.5. The van der Waals surface area contributed by atoms with Crippen molar-refractivity contribution in [1.82, 2.24) is 5.32 Å². The first-order valence-corrected chi connectivity index (χ1v) is 5.60. The highest BCUT2D eigenvalue weighted by Gasteiger charge is 2.18. The fourth-order valence-electron chi connectivity index (χ4n) is 1.90. The maximum Gasteiger partial charge on any atom is 0.142 e. The van der Waals surface area contributed by atoms with Crippen molar-refractivity contribution in [1.29, 1.82) is 0 Å². The molecule has 2 nitrogen and oxygen atoms in total. The molecular formula is C12H13ClFNO. The predicted octanol–water partition coefficient (Wildman–Crippen LogP) is 2.22. The second-order valence-corrected chi connectivity index (χ2v) is 4.17. The zero-order valence-corrected chi connectivity index (χ0v) is 9.47. The maximum atomic E-state index is 13.3. The van der Waals surface area contributed by atoms with E-state index in [1.165, 1.54) is 12.1 Å². The lowest BCUT2D eigenvalue weighted by Crippen LogP contribution is -2.36. The van der Waals surface area contributed by atoms with Crippen molar-refractivity contribution in [3.05, 3.63) is 40.7 Å². The van der Waals surface area contributed by atoms with Crippen LogP contribution in [0.15, 0.2) is 24.3 Å². The van der Waals surface area contributed by atoms with Crippen LogP contribution in [0.1, 0.15) is 12.0 Å². The number of nitrogens with one attached hydrogen (secondary N) is 1. The third-order valence-corrected chi connectivity index (χ3v) is 3.02. The highest BCUT2D eigenvalue weighted by atomic mass is 35.5. The van der Waals surface area contributed by atoms with Gasteiger partial charge >= 0.3 is 0 Å². The standard InChI is InChI=1S/C12H13ClFNO/c13-10-4-3-8(6-11(10)14)9-2-1-5-15-12(9)7-16/h2-4,6,12,15-16H,1,5,7H2. The van der Waals surface area contributed by atoms with Crippen LogP contribution >= 0.6 is 11.6 Å². The minimum atomic E-state index is -0.428. The number of halogens is 2. The molecule has 0 saturated heterocycles. The molecule has 0 amide bonds. The van der Waals surface area contributed by atoms with Crippen LogP contribution in [0.3, 0.4) is 0 Å². The summed E-state index contributed by atoms with van der Waals surface area (Å²) in [5, 5.41) is 12.5. The zero-order valence-electron chi connectivity index (χ0n) is 8.71. The normalized spacial score (nSPS) is 20.7. The van der Waals surface area contributed by atoms with Gasteiger partial charge in [0.2, 0.25) is 0 Å². The summed E-state index contributed by atoms with van der Waals surface area (Å²) in [6, 6.07) is 4.60. The van der Waals surface area contributed by atoms with Gasteiger partial charge in [0.05, 0.1) is 17.7 Å². The summed E-state index contributed by atoms with van der Waals surface area (Å²) in [5.74, 6) is -0.428. The lowest BCUT2D eigenvalue weighted by atomic mass is 9.95. The first-order chi connectivity index (χ1) is 7.72. The van der Waals surface area contributed by atoms with E-state index in [1.807, 2.05) is 6.08 Å². The fraction of sp³-hybridized carbons (Fsp3) is 0.333. The van der Waals surface area contributed by atoms with Gasteiger partial charge in [0.25, 0.3) is 0 Å². The summed E-state index contributed by atoms with van der Waals surface area (Å²) >= 11 is 5.63. The highest BCUT2D eigenvalue weighted by Crippen LogP contribution is 2.25. The van der Waals surface area contributed by atoms with Crippen molar-refractivity contribution in [3.8, 4) is 0 Å². The van der Waals surface area contributed by atoms with Gasteiger partial charge in [-0.1, -0.05) is 23.7 Å². The van der Waals surface area contributed by atoms with Gasteiger partial charge in [0, 0.05) is 0 Å². The molecule has 0 bridgehead atoms. The Labute approximate surface area is 98.7 Å². The fourth-order valence-corrected chi connectivity index (χ4v) is 2.01. The minimum Gasteiger partial charge on any atom is -0.394 e. The van der Waals surface area contributed by atoms with E-state index in [0.29, 0.717) is 0 Å². The van der Waals surface area contributed by atoms with Gasteiger partial charge in [0.1, 0.15) is 5.82 Å². The van der Waals surface area contributed by atoms with E-state index in [2.05, 4.69) is 5.32 Å². The molecule has 0 fully saturated rings. The quantitative estimate of drug-likeness (QED) is 0.832. The lowest BCUT2D eigenvalue weighted by Gasteiger charge is -2.24. The molecule has 0 radical (unpaired) electrons. The summed E-state index contributed by atoms with van der Waals surface area (Å²) in [6.07, 6.45) is 2.91. The molecule has 2 N–H and O–H groups in total. The Morgan fingerprint density at radius 2 is 2.31 bits per heavy atom. The van der Waals surface area contributed by atoms with Crippen LogP contribution in [-0.4, -0.2) is 24.3 Å². The molecule has 1 unspecified atom stereocenters. The van der Waals surface area contributed by atoms with Crippen LogP contribution in [0.2, 0.25) is 5.02 Å². The van der Waals surface area contributed by atoms with E-state index in [-0.39, 0.29) is 17.7 Å². The Hall–Kier alpha value is -0.900. The van der Waals surface area contributed by atoms with E-state index in [1.54, 1.807) is 6.07 Å². The molecule has 2 rings (SSSR count). The molecule has 1 aromatic rings. The van der Waals surface area contributed by atoms with E-state index in [0.717, 1.165) is 24.1 Å². The van der Waals surface area contributed by atoms with Gasteiger partial charge in [-0.2, -0.15) is 0 Å². The van der Waals surface area contributed by atoms with Crippen LogP contribution < -0.4 is 5.32 Å². The van der Waals surface area contributed by atoms with E-state index < -0.39 is 5.82 Å². The van der Waals surface area contributed by atoms with Gasteiger partial charge in [-0.3, -0.25) is 0 Å². The Balaban J connectivity index is 2.35. The summed E-state index contributed by atoms with van der Waals surface area (Å²) in [4.78, 5) is 0. The average Bonchev–Trinajstić information content (AvgIpc) is 2.32. The summed E-state index contributed by atoms with van der Waals surface area (Å²) in [7, 11) is 0. The first kappa shape index (κ1) is 11.6. The first-order valence-electron chi connectivity index (χ1n) is 5.22. The Morgan fingerprint density at radius 3 is 3.00 bits per heavy atom. The van der Waals surface area contributed by atoms with Crippen molar-refractivity contribution in [3.63, 3.8) is 0 Å². The van der Waals surface area contributed by atoms with Crippen molar-refractivity contribution < 1.29 is 9.50 Å². The van der Waals surface area contributed by atoms with Crippen LogP contribution in [0.5, 0.6) is 0 Å². The minimum absolute atomic E-state index is 0.01000. The number of rotatable bonds is 2. The van der Waals surface area contributed by atoms with E-state index >= 15 is 0 Å². The van der Waals surface area contributed by atoms with Gasteiger partial charge in [-0.25, -0.2) is 4.39 Å². The van der Waals surface area contributed by atoms with Crippen LogP contribution in [0.4, 0.5) is 4.39 Å². The van der Waals surface area contributed by atoms with Crippen LogP contribution in [0.25, 0.3) is 5.57 Å². The van der Waals surface area contributed by atoms with Crippen molar-refractivity contribution >= 4 is 17.2 Å². The molecule has 0 aliphatic carbocycles.